The number of sulfonamides is 1. The zero-order chi connectivity index (χ0) is 18.0. The molecule has 2 aromatic carbocycles. The van der Waals surface area contributed by atoms with Gasteiger partial charge in [0.2, 0.25) is 10.0 Å². The van der Waals surface area contributed by atoms with E-state index in [4.69, 9.17) is 5.14 Å². The van der Waals surface area contributed by atoms with E-state index in [1.54, 1.807) is 18.3 Å². The topological polar surface area (TPSA) is 107 Å². The molecule has 0 radical (unpaired) electrons. The fourth-order valence-corrected chi connectivity index (χ4v) is 2.93. The number of hydrogen-bond donors (Lipinski definition) is 2. The van der Waals surface area contributed by atoms with Crippen molar-refractivity contribution < 1.29 is 13.2 Å². The largest absolute Gasteiger partial charge is 0.354 e. The molecule has 3 N–H and O–H groups in total. The summed E-state index contributed by atoms with van der Waals surface area (Å²) in [5.74, 6) is -0.307. The van der Waals surface area contributed by atoms with Crippen molar-refractivity contribution in [3.63, 3.8) is 0 Å². The Balaban J connectivity index is 2.09. The highest BCUT2D eigenvalue weighted by atomic mass is 32.2. The summed E-state index contributed by atoms with van der Waals surface area (Å²) in [6.07, 6.45) is 1.73. The van der Waals surface area contributed by atoms with E-state index >= 15 is 0 Å². The first-order valence-electron chi connectivity index (χ1n) is 7.40. The van der Waals surface area contributed by atoms with Gasteiger partial charge in [-0.1, -0.05) is 30.3 Å². The molecule has 0 saturated carbocycles. The number of nitrogens with two attached hydrogens (primary N) is 1. The van der Waals surface area contributed by atoms with E-state index in [1.165, 1.54) is 23.9 Å². The van der Waals surface area contributed by atoms with Crippen molar-refractivity contribution in [1.29, 1.82) is 0 Å². The Morgan fingerprint density at radius 1 is 1.08 bits per heavy atom. The minimum Gasteiger partial charge on any atom is -0.354 e. The molecule has 0 atom stereocenters. The van der Waals surface area contributed by atoms with Crippen LogP contribution in [0.15, 0.2) is 65.7 Å². The van der Waals surface area contributed by atoms with E-state index in [0.717, 1.165) is 5.56 Å². The molecule has 0 fully saturated rings. The standard InChI is InChI=1S/C17H16N4O3S/c1-19-17(22)16-15(12-5-3-2-4-6-12)11-21(20-16)13-7-9-14(10-8-13)25(18,23)24/h2-11H,1H3,(H,19,22)(H2,18,23,24). The lowest BCUT2D eigenvalue weighted by Gasteiger charge is -2.02. The molecule has 0 aliphatic heterocycles. The van der Waals surface area contributed by atoms with Gasteiger partial charge in [0.05, 0.1) is 10.6 Å². The normalized spacial score (nSPS) is 11.3. The van der Waals surface area contributed by atoms with Gasteiger partial charge in [-0.2, -0.15) is 5.10 Å². The molecule has 0 unspecified atom stereocenters. The van der Waals surface area contributed by atoms with Gasteiger partial charge in [0.1, 0.15) is 0 Å². The third kappa shape index (κ3) is 3.44. The van der Waals surface area contributed by atoms with Gasteiger partial charge in [-0.05, 0) is 29.8 Å². The summed E-state index contributed by atoms with van der Waals surface area (Å²) in [6.45, 7) is 0. The summed E-state index contributed by atoms with van der Waals surface area (Å²) in [7, 11) is -2.22. The predicted molar refractivity (Wildman–Crippen MR) is 93.8 cm³/mol. The average molecular weight is 356 g/mol. The maximum Gasteiger partial charge on any atom is 0.272 e. The third-order valence-corrected chi connectivity index (χ3v) is 4.60. The zero-order valence-corrected chi connectivity index (χ0v) is 14.2. The summed E-state index contributed by atoms with van der Waals surface area (Å²) in [6, 6.07) is 15.4. The summed E-state index contributed by atoms with van der Waals surface area (Å²) in [4.78, 5) is 12.2. The Morgan fingerprint density at radius 2 is 1.72 bits per heavy atom. The Hall–Kier alpha value is -2.97. The van der Waals surface area contributed by atoms with Crippen LogP contribution in [0.1, 0.15) is 10.5 Å². The first kappa shape index (κ1) is 16.9. The van der Waals surface area contributed by atoms with Crippen LogP contribution >= 0.6 is 0 Å². The second-order valence-electron chi connectivity index (χ2n) is 5.32. The highest BCUT2D eigenvalue weighted by Gasteiger charge is 2.18. The van der Waals surface area contributed by atoms with E-state index < -0.39 is 10.0 Å². The van der Waals surface area contributed by atoms with Crippen molar-refractivity contribution in [3.05, 3.63) is 66.5 Å². The summed E-state index contributed by atoms with van der Waals surface area (Å²) >= 11 is 0. The van der Waals surface area contributed by atoms with E-state index in [-0.39, 0.29) is 16.5 Å². The van der Waals surface area contributed by atoms with Gasteiger partial charge in [0, 0.05) is 18.8 Å². The molecule has 3 aromatic rings. The minimum absolute atomic E-state index is 0.0122. The molecule has 7 nitrogen and oxygen atoms in total. The van der Waals surface area contributed by atoms with Crippen LogP contribution in [0, 0.1) is 0 Å². The lowest BCUT2D eigenvalue weighted by Crippen LogP contribution is -2.19. The molecule has 25 heavy (non-hydrogen) atoms. The van der Waals surface area contributed by atoms with Crippen molar-refractivity contribution in [2.45, 2.75) is 4.90 Å². The molecule has 0 saturated heterocycles. The van der Waals surface area contributed by atoms with E-state index in [2.05, 4.69) is 10.4 Å². The summed E-state index contributed by atoms with van der Waals surface area (Å²) < 4.78 is 24.2. The Morgan fingerprint density at radius 3 is 2.28 bits per heavy atom. The van der Waals surface area contributed by atoms with E-state index in [0.29, 0.717) is 11.3 Å². The molecule has 0 aliphatic rings. The van der Waals surface area contributed by atoms with Crippen LogP contribution < -0.4 is 10.5 Å². The molecular weight excluding hydrogens is 340 g/mol. The van der Waals surface area contributed by atoms with Crippen molar-refractivity contribution in [2.24, 2.45) is 5.14 Å². The number of primary sulfonamides is 1. The second-order valence-corrected chi connectivity index (χ2v) is 6.88. The monoisotopic (exact) mass is 356 g/mol. The summed E-state index contributed by atoms with van der Waals surface area (Å²) in [5.41, 5.74) is 2.42. The van der Waals surface area contributed by atoms with Gasteiger partial charge in [-0.3, -0.25) is 4.79 Å². The SMILES string of the molecule is CNC(=O)c1nn(-c2ccc(S(N)(=O)=O)cc2)cc1-c1ccccc1. The van der Waals surface area contributed by atoms with Gasteiger partial charge >= 0.3 is 0 Å². The number of benzene rings is 2. The molecule has 1 aromatic heterocycles. The van der Waals surface area contributed by atoms with Gasteiger partial charge in [-0.15, -0.1) is 0 Å². The Bertz CT molecular complexity index is 1010. The lowest BCUT2D eigenvalue weighted by molar-refractivity contribution is 0.0958. The first-order chi connectivity index (χ1) is 11.9. The number of nitrogens with one attached hydrogen (secondary N) is 1. The van der Waals surface area contributed by atoms with Gasteiger partial charge in [-0.25, -0.2) is 18.2 Å². The van der Waals surface area contributed by atoms with Crippen molar-refractivity contribution in [2.75, 3.05) is 7.05 Å². The van der Waals surface area contributed by atoms with Crippen molar-refractivity contribution >= 4 is 15.9 Å². The quantitative estimate of drug-likeness (QED) is 0.739. The Labute approximate surface area is 145 Å². The number of amides is 1. The number of aromatic nitrogens is 2. The van der Waals surface area contributed by atoms with Crippen LogP contribution in [-0.4, -0.2) is 31.2 Å². The molecule has 1 amide bonds. The molecule has 3 rings (SSSR count). The molecular formula is C17H16N4O3S. The van der Waals surface area contributed by atoms with E-state index in [1.807, 2.05) is 30.3 Å². The molecule has 128 valence electrons. The van der Waals surface area contributed by atoms with Crippen molar-refractivity contribution in [1.82, 2.24) is 15.1 Å². The third-order valence-electron chi connectivity index (χ3n) is 3.67. The highest BCUT2D eigenvalue weighted by molar-refractivity contribution is 7.89. The van der Waals surface area contributed by atoms with Gasteiger partial charge in [0.15, 0.2) is 5.69 Å². The second kappa shape index (κ2) is 6.50. The predicted octanol–water partition coefficient (Wildman–Crippen LogP) is 1.55. The van der Waals surface area contributed by atoms with Crippen LogP contribution in [-0.2, 0) is 10.0 Å². The Kier molecular flexibility index (Phi) is 4.39. The molecule has 8 heteroatoms. The molecule has 0 spiro atoms. The first-order valence-corrected chi connectivity index (χ1v) is 8.95. The number of rotatable bonds is 4. The maximum atomic E-state index is 12.2. The van der Waals surface area contributed by atoms with Crippen molar-refractivity contribution in [3.8, 4) is 16.8 Å². The van der Waals surface area contributed by atoms with Crippen LogP contribution in [0.25, 0.3) is 16.8 Å². The number of carbonyl (C=O) groups excluding carboxylic acids is 1. The smallest absolute Gasteiger partial charge is 0.272 e. The number of hydrogen-bond acceptors (Lipinski definition) is 4. The van der Waals surface area contributed by atoms with Gasteiger partial charge < -0.3 is 5.32 Å². The maximum absolute atomic E-state index is 12.2. The van der Waals surface area contributed by atoms with Gasteiger partial charge in [0.25, 0.3) is 5.91 Å². The summed E-state index contributed by atoms with van der Waals surface area (Å²) in [5, 5.41) is 12.0. The number of carbonyl (C=O) groups is 1. The average Bonchev–Trinajstić information content (AvgIpc) is 3.06. The molecule has 1 heterocycles. The van der Waals surface area contributed by atoms with Crippen LogP contribution in [0.2, 0.25) is 0 Å². The highest BCUT2D eigenvalue weighted by Crippen LogP contribution is 2.24. The molecule has 0 bridgehead atoms. The number of nitrogens with zero attached hydrogens (tertiary/aromatic N) is 2. The van der Waals surface area contributed by atoms with Crippen LogP contribution in [0.4, 0.5) is 0 Å². The fourth-order valence-electron chi connectivity index (χ4n) is 2.41. The minimum atomic E-state index is -3.76. The fraction of sp³-hybridized carbons (Fsp3) is 0.0588. The van der Waals surface area contributed by atoms with Crippen LogP contribution in [0.5, 0.6) is 0 Å². The molecule has 0 aliphatic carbocycles. The lowest BCUT2D eigenvalue weighted by atomic mass is 10.1. The van der Waals surface area contributed by atoms with Crippen LogP contribution in [0.3, 0.4) is 0 Å². The zero-order valence-electron chi connectivity index (χ0n) is 13.4. The van der Waals surface area contributed by atoms with E-state index in [9.17, 15) is 13.2 Å².